The van der Waals surface area contributed by atoms with Gasteiger partial charge in [0, 0.05) is 50.3 Å². The Kier molecular flexibility index (Phi) is 10.1. The van der Waals surface area contributed by atoms with E-state index in [4.69, 9.17) is 17.3 Å². The van der Waals surface area contributed by atoms with Crippen LogP contribution < -0.4 is 16.4 Å². The number of piperidine rings is 2. The van der Waals surface area contributed by atoms with Gasteiger partial charge in [0.25, 0.3) is 11.8 Å². The molecule has 13 nitrogen and oxygen atoms in total. The van der Waals surface area contributed by atoms with E-state index in [1.807, 2.05) is 4.90 Å². The molecule has 270 valence electrons. The molecule has 2 saturated heterocycles. The minimum atomic E-state index is -4.81. The maximum Gasteiger partial charge on any atom is 0.435 e. The number of amides is 3. The lowest BCUT2D eigenvalue weighted by Crippen LogP contribution is -2.50. The SMILES string of the molecule is C[N+]1(C)CCC(C(=O)N2CCC(CNC(=O)c3ccc(NC(=O)c4ncc(-c5cn(-c6ccc(N)cn6)nc5C(F)(F)F)[nH]4)cc3Cl)CC2)CC1. The van der Waals surface area contributed by atoms with E-state index in [2.05, 4.69) is 44.8 Å². The van der Waals surface area contributed by atoms with Gasteiger partial charge in [-0.1, -0.05) is 11.6 Å². The molecule has 3 amide bonds. The second-order valence-corrected chi connectivity index (χ2v) is 14.1. The molecule has 0 spiro atoms. The topological polar surface area (TPSA) is 164 Å². The monoisotopic (exact) mass is 727 g/mol. The van der Waals surface area contributed by atoms with Crippen LogP contribution in [0.3, 0.4) is 0 Å². The van der Waals surface area contributed by atoms with Crippen molar-refractivity contribution >= 4 is 40.7 Å². The molecule has 6 rings (SSSR count). The number of imidazole rings is 1. The van der Waals surface area contributed by atoms with E-state index in [1.54, 1.807) is 0 Å². The van der Waals surface area contributed by atoms with Crippen molar-refractivity contribution in [2.24, 2.45) is 11.8 Å². The van der Waals surface area contributed by atoms with Crippen molar-refractivity contribution in [1.29, 1.82) is 0 Å². The normalized spacial score (nSPS) is 16.9. The number of rotatable bonds is 8. The number of nitrogens with one attached hydrogen (secondary N) is 3. The van der Waals surface area contributed by atoms with Crippen LogP contribution >= 0.6 is 11.6 Å². The van der Waals surface area contributed by atoms with Crippen LogP contribution in [-0.4, -0.2) is 98.7 Å². The summed E-state index contributed by atoms with van der Waals surface area (Å²) in [6.45, 7) is 3.81. The zero-order chi connectivity index (χ0) is 36.5. The number of anilines is 2. The Bertz CT molecular complexity index is 1910. The summed E-state index contributed by atoms with van der Waals surface area (Å²) >= 11 is 6.42. The predicted octanol–water partition coefficient (Wildman–Crippen LogP) is 4.62. The molecule has 0 radical (unpaired) electrons. The average Bonchev–Trinajstić information content (AvgIpc) is 3.76. The standard InChI is InChI=1S/C34H38ClF3N10O3/c1-48(2)13-9-21(10-14-48)33(51)46-11-7-20(8-12-46)16-42-31(49)24-5-4-23(15-26(24)35)43-32(50)30-41-18-27(44-30)25-19-47(45-29(25)34(36,37)38)28-6-3-22(39)17-40-28/h3-6,15,17-21H,7-14,16,39H2,1-2H3,(H2-,41,42,43,44,49,50)/p+1. The number of nitrogen functional groups attached to an aromatic ring is 1. The molecule has 5 heterocycles. The molecule has 0 aliphatic carbocycles. The Morgan fingerprint density at radius 2 is 1.75 bits per heavy atom. The van der Waals surface area contributed by atoms with Crippen LogP contribution in [-0.2, 0) is 11.0 Å². The van der Waals surface area contributed by atoms with Gasteiger partial charge in [-0.3, -0.25) is 14.4 Å². The van der Waals surface area contributed by atoms with E-state index in [9.17, 15) is 27.6 Å². The lowest BCUT2D eigenvalue weighted by Gasteiger charge is -2.39. The molecule has 51 heavy (non-hydrogen) atoms. The first-order chi connectivity index (χ1) is 24.2. The van der Waals surface area contributed by atoms with Crippen molar-refractivity contribution in [2.45, 2.75) is 31.9 Å². The van der Waals surface area contributed by atoms with Gasteiger partial charge < -0.3 is 30.7 Å². The van der Waals surface area contributed by atoms with E-state index in [0.717, 1.165) is 60.3 Å². The largest absolute Gasteiger partial charge is 0.435 e. The number of likely N-dealkylation sites (tertiary alicyclic amines) is 2. The highest BCUT2D eigenvalue weighted by atomic mass is 35.5. The number of benzene rings is 1. The van der Waals surface area contributed by atoms with Gasteiger partial charge in [0.15, 0.2) is 17.3 Å². The Labute approximate surface area is 297 Å². The molecule has 3 aromatic heterocycles. The Morgan fingerprint density at radius 1 is 1.02 bits per heavy atom. The fourth-order valence-electron chi connectivity index (χ4n) is 6.43. The number of quaternary nitrogens is 1. The first-order valence-electron chi connectivity index (χ1n) is 16.6. The fraction of sp³-hybridized carbons (Fsp3) is 0.412. The number of alkyl halides is 3. The van der Waals surface area contributed by atoms with E-state index in [-0.39, 0.29) is 62.8 Å². The molecule has 1 aromatic carbocycles. The van der Waals surface area contributed by atoms with Gasteiger partial charge in [0.1, 0.15) is 0 Å². The Morgan fingerprint density at radius 3 is 2.39 bits per heavy atom. The molecule has 2 aliphatic rings. The van der Waals surface area contributed by atoms with Crippen LogP contribution in [0.15, 0.2) is 48.9 Å². The van der Waals surface area contributed by atoms with Crippen LogP contribution in [0, 0.1) is 11.8 Å². The summed E-state index contributed by atoms with van der Waals surface area (Å²) in [7, 11) is 4.39. The molecule has 5 N–H and O–H groups in total. The second-order valence-electron chi connectivity index (χ2n) is 13.7. The molecule has 0 saturated carbocycles. The molecule has 2 fully saturated rings. The Balaban J connectivity index is 1.02. The van der Waals surface area contributed by atoms with Crippen LogP contribution in [0.1, 0.15) is 52.4 Å². The summed E-state index contributed by atoms with van der Waals surface area (Å²) in [5, 5.41) is 9.28. The number of halogens is 4. The summed E-state index contributed by atoms with van der Waals surface area (Å²) in [5.41, 5.74) is 4.79. The third kappa shape index (κ3) is 8.34. The van der Waals surface area contributed by atoms with E-state index in [0.29, 0.717) is 25.3 Å². The molecule has 0 bridgehead atoms. The first kappa shape index (κ1) is 35.9. The van der Waals surface area contributed by atoms with Crippen LogP contribution in [0.5, 0.6) is 0 Å². The van der Waals surface area contributed by atoms with Crippen molar-refractivity contribution < 1.29 is 32.0 Å². The van der Waals surface area contributed by atoms with Gasteiger partial charge in [-0.2, -0.15) is 18.3 Å². The number of carbonyl (C=O) groups is 3. The fourth-order valence-corrected chi connectivity index (χ4v) is 6.70. The molecular formula is C34H39ClF3N10O3+. The second kappa shape index (κ2) is 14.3. The minimum Gasteiger partial charge on any atom is -0.397 e. The molecule has 17 heteroatoms. The lowest BCUT2D eigenvalue weighted by molar-refractivity contribution is -0.895. The smallest absolute Gasteiger partial charge is 0.397 e. The summed E-state index contributed by atoms with van der Waals surface area (Å²) < 4.78 is 43.6. The van der Waals surface area contributed by atoms with Gasteiger partial charge in [0.05, 0.1) is 67.1 Å². The molecule has 2 aliphatic heterocycles. The van der Waals surface area contributed by atoms with Crippen LogP contribution in [0.2, 0.25) is 5.02 Å². The van der Waals surface area contributed by atoms with Crippen LogP contribution in [0.4, 0.5) is 24.5 Å². The molecule has 0 atom stereocenters. The third-order valence-corrected chi connectivity index (χ3v) is 9.85. The average molecular weight is 728 g/mol. The summed E-state index contributed by atoms with van der Waals surface area (Å²) in [5.74, 6) is -0.688. The highest BCUT2D eigenvalue weighted by Gasteiger charge is 2.39. The van der Waals surface area contributed by atoms with Crippen molar-refractivity contribution in [3.8, 4) is 17.1 Å². The number of aromatic nitrogens is 5. The lowest BCUT2D eigenvalue weighted by atomic mass is 9.91. The minimum absolute atomic E-state index is 0.0933. The number of hydrogen-bond acceptors (Lipinski definition) is 7. The van der Waals surface area contributed by atoms with E-state index >= 15 is 0 Å². The van der Waals surface area contributed by atoms with Gasteiger partial charge in [-0.25, -0.2) is 14.6 Å². The van der Waals surface area contributed by atoms with Gasteiger partial charge in [-0.15, -0.1) is 0 Å². The van der Waals surface area contributed by atoms with Gasteiger partial charge >= 0.3 is 6.18 Å². The maximum absolute atomic E-state index is 13.9. The van der Waals surface area contributed by atoms with Crippen LogP contribution in [0.25, 0.3) is 17.1 Å². The zero-order valence-corrected chi connectivity index (χ0v) is 28.9. The van der Waals surface area contributed by atoms with E-state index in [1.165, 1.54) is 36.5 Å². The highest BCUT2D eigenvalue weighted by molar-refractivity contribution is 6.34. The summed E-state index contributed by atoms with van der Waals surface area (Å²) in [6, 6.07) is 7.27. The number of H-pyrrole nitrogens is 1. The molecule has 0 unspecified atom stereocenters. The summed E-state index contributed by atoms with van der Waals surface area (Å²) in [6.07, 6.45) is 2.14. The predicted molar refractivity (Wildman–Crippen MR) is 184 cm³/mol. The van der Waals surface area contributed by atoms with Crippen molar-refractivity contribution in [3.63, 3.8) is 0 Å². The number of nitrogens with two attached hydrogens (primary N) is 1. The van der Waals surface area contributed by atoms with Gasteiger partial charge in [-0.05, 0) is 49.1 Å². The summed E-state index contributed by atoms with van der Waals surface area (Å²) in [4.78, 5) is 51.6. The quantitative estimate of drug-likeness (QED) is 0.193. The Hall–Kier alpha value is -4.96. The first-order valence-corrected chi connectivity index (χ1v) is 17.0. The number of carbonyl (C=O) groups excluding carboxylic acids is 3. The number of aromatic amines is 1. The maximum atomic E-state index is 13.9. The van der Waals surface area contributed by atoms with Crippen molar-refractivity contribution in [3.05, 3.63) is 71.0 Å². The number of pyridine rings is 1. The molecule has 4 aromatic rings. The number of hydrogen-bond donors (Lipinski definition) is 4. The number of nitrogens with zero attached hydrogens (tertiary/aromatic N) is 6. The van der Waals surface area contributed by atoms with Crippen molar-refractivity contribution in [2.75, 3.05) is 57.9 Å². The van der Waals surface area contributed by atoms with E-state index < -0.39 is 17.8 Å². The van der Waals surface area contributed by atoms with Crippen molar-refractivity contribution in [1.82, 2.24) is 34.9 Å². The molecular weight excluding hydrogens is 689 g/mol. The van der Waals surface area contributed by atoms with Gasteiger partial charge in [0.2, 0.25) is 5.91 Å². The highest BCUT2D eigenvalue weighted by Crippen LogP contribution is 2.36. The zero-order valence-electron chi connectivity index (χ0n) is 28.1. The third-order valence-electron chi connectivity index (χ3n) is 9.53.